The molecule has 0 saturated carbocycles. The molecule has 0 unspecified atom stereocenters. The van der Waals surface area contributed by atoms with Gasteiger partial charge in [0.25, 0.3) is 0 Å². The Hall–Kier alpha value is -3.00. The summed E-state index contributed by atoms with van der Waals surface area (Å²) in [7, 11) is 0. The first kappa shape index (κ1) is 53.1. The predicted octanol–water partition coefficient (Wildman–Crippen LogP) is 2.06. The number of carbonyl (C=O) groups excluding carboxylic acids is 7. The van der Waals surface area contributed by atoms with E-state index >= 15 is 0 Å². The van der Waals surface area contributed by atoms with E-state index in [0.29, 0.717) is 76.4 Å². The Labute approximate surface area is 359 Å². The third-order valence-corrected chi connectivity index (χ3v) is 11.9. The van der Waals surface area contributed by atoms with Crippen molar-refractivity contribution in [1.29, 1.82) is 0 Å². The van der Waals surface area contributed by atoms with Gasteiger partial charge in [0.1, 0.15) is 24.8 Å². The molecule has 4 amide bonds. The summed E-state index contributed by atoms with van der Waals surface area (Å²) >= 11 is 1.89. The number of hydrogen-bond acceptors (Lipinski definition) is 14. The van der Waals surface area contributed by atoms with Crippen molar-refractivity contribution in [3.8, 4) is 0 Å². The molecule has 0 aliphatic carbocycles. The highest BCUT2D eigenvalue weighted by atomic mass is 32.2. The molecule has 0 aromatic heterocycles. The maximum absolute atomic E-state index is 13.0. The molecule has 0 spiro atoms. The zero-order valence-electron chi connectivity index (χ0n) is 36.0. The SMILES string of the molecule is CC[C@@H](CO)C(=O)N[C@@H](CC(C)C)C(=O)C[C@@H](CO)C(=O)CCCNC(=O)COCCOCCCC(=O)COCCOCCCC(=O)CCCC[C@@H]1SC[C@@H]2NC(=O)N[C@@H]21. The average molecular weight is 873 g/mol. The fourth-order valence-electron chi connectivity index (χ4n) is 6.88. The maximum Gasteiger partial charge on any atom is 0.315 e. The molecule has 0 radical (unpaired) electrons. The first-order chi connectivity index (χ1) is 28.9. The molecule has 0 bridgehead atoms. The zero-order valence-corrected chi connectivity index (χ0v) is 36.8. The fraction of sp³-hybridized carbons (Fsp3) is 0.833. The Morgan fingerprint density at radius 3 is 2.03 bits per heavy atom. The van der Waals surface area contributed by atoms with Crippen LogP contribution >= 0.6 is 11.8 Å². The van der Waals surface area contributed by atoms with E-state index in [1.165, 1.54) is 0 Å². The minimum Gasteiger partial charge on any atom is -0.396 e. The van der Waals surface area contributed by atoms with E-state index in [0.717, 1.165) is 25.0 Å². The molecule has 0 aromatic rings. The topological polar surface area (TPSA) is 245 Å². The minimum absolute atomic E-state index is 0.00836. The van der Waals surface area contributed by atoms with Crippen molar-refractivity contribution in [3.63, 3.8) is 0 Å². The zero-order chi connectivity index (χ0) is 44.1. The summed E-state index contributed by atoms with van der Waals surface area (Å²) in [6.45, 7) is 6.63. The number of urea groups is 1. The molecule has 2 fully saturated rings. The van der Waals surface area contributed by atoms with Crippen LogP contribution in [0.5, 0.6) is 0 Å². The van der Waals surface area contributed by atoms with Crippen molar-refractivity contribution in [2.45, 2.75) is 128 Å². The lowest BCUT2D eigenvalue weighted by Crippen LogP contribution is -2.46. The number of fused-ring (bicyclic) bond motifs is 1. The molecule has 2 rings (SSSR count). The Morgan fingerprint density at radius 1 is 0.750 bits per heavy atom. The third kappa shape index (κ3) is 22.7. The van der Waals surface area contributed by atoms with Gasteiger partial charge in [-0.3, -0.25) is 28.8 Å². The summed E-state index contributed by atoms with van der Waals surface area (Å²) in [4.78, 5) is 86.1. The quantitative estimate of drug-likeness (QED) is 0.0385. The van der Waals surface area contributed by atoms with Crippen molar-refractivity contribution in [1.82, 2.24) is 21.3 Å². The minimum atomic E-state index is -0.915. The number of nitrogens with one attached hydrogen (secondary N) is 4. The number of hydrogen-bond donors (Lipinski definition) is 6. The number of rotatable bonds is 38. The highest BCUT2D eigenvalue weighted by Gasteiger charge is 2.42. The number of unbranched alkanes of at least 4 members (excludes halogenated alkanes) is 1. The molecular weight excluding hydrogens is 801 g/mol. The number of aliphatic hydroxyl groups excluding tert-OH is 2. The number of aliphatic hydroxyl groups is 2. The molecule has 2 aliphatic rings. The summed E-state index contributed by atoms with van der Waals surface area (Å²) in [6, 6.07) is -0.468. The van der Waals surface area contributed by atoms with Crippen LogP contribution in [-0.4, -0.2) is 153 Å². The molecule has 2 aliphatic heterocycles. The molecule has 0 aromatic carbocycles. The van der Waals surface area contributed by atoms with Crippen LogP contribution in [-0.2, 0) is 47.7 Å². The van der Waals surface area contributed by atoms with Crippen molar-refractivity contribution >= 4 is 52.7 Å². The molecule has 18 heteroatoms. The van der Waals surface area contributed by atoms with Crippen LogP contribution in [0.2, 0.25) is 0 Å². The van der Waals surface area contributed by atoms with Gasteiger partial charge in [0.05, 0.1) is 63.7 Å². The van der Waals surface area contributed by atoms with Gasteiger partial charge in [-0.05, 0) is 50.9 Å². The first-order valence-corrected chi connectivity index (χ1v) is 22.8. The van der Waals surface area contributed by atoms with Crippen LogP contribution in [0.15, 0.2) is 0 Å². The fourth-order valence-corrected chi connectivity index (χ4v) is 8.43. The van der Waals surface area contributed by atoms with E-state index in [1.54, 1.807) is 6.92 Å². The van der Waals surface area contributed by atoms with E-state index in [4.69, 9.17) is 18.9 Å². The average Bonchev–Trinajstić information content (AvgIpc) is 3.77. The van der Waals surface area contributed by atoms with Crippen LogP contribution in [0.1, 0.15) is 104 Å². The largest absolute Gasteiger partial charge is 0.396 e. The van der Waals surface area contributed by atoms with Crippen molar-refractivity contribution in [3.05, 3.63) is 0 Å². The smallest absolute Gasteiger partial charge is 0.315 e. The highest BCUT2D eigenvalue weighted by molar-refractivity contribution is 8.00. The molecule has 2 saturated heterocycles. The van der Waals surface area contributed by atoms with Crippen LogP contribution in [0.4, 0.5) is 4.79 Å². The number of Topliss-reactive ketones (excluding diaryl/α,β-unsaturated/α-hetero) is 4. The van der Waals surface area contributed by atoms with Gasteiger partial charge in [-0.2, -0.15) is 11.8 Å². The van der Waals surface area contributed by atoms with Gasteiger partial charge >= 0.3 is 6.03 Å². The van der Waals surface area contributed by atoms with E-state index < -0.39 is 30.4 Å². The van der Waals surface area contributed by atoms with Crippen LogP contribution < -0.4 is 21.3 Å². The molecule has 17 nitrogen and oxygen atoms in total. The van der Waals surface area contributed by atoms with E-state index in [-0.39, 0.29) is 112 Å². The van der Waals surface area contributed by atoms with Crippen molar-refractivity contribution < 1.29 is 62.7 Å². The molecule has 344 valence electrons. The standard InChI is InChI=1S/C42H72N4O13S/c1-4-30(24-47)41(54)44-34(22-29(2)3)37(52)23-31(25-48)36(51)13-7-15-43-39(53)27-59-21-19-57-17-9-12-33(50)26-58-20-18-56-16-8-11-32(49)10-5-6-14-38-40-35(28-60-38)45-42(55)46-40/h29-31,34-35,38,40,47-48H,4-28H2,1-3H3,(H,43,53)(H,44,54)(H2,45,46,55)/t30-,31-,34-,35-,38-,40-/m0/s1. The predicted molar refractivity (Wildman–Crippen MR) is 225 cm³/mol. The van der Waals surface area contributed by atoms with E-state index in [2.05, 4.69) is 21.3 Å². The Balaban J connectivity index is 1.38. The summed E-state index contributed by atoms with van der Waals surface area (Å²) < 4.78 is 21.7. The normalized spacial score (nSPS) is 18.6. The van der Waals surface area contributed by atoms with Gasteiger partial charge in [-0.1, -0.05) is 27.2 Å². The lowest BCUT2D eigenvalue weighted by Gasteiger charge is -2.23. The van der Waals surface area contributed by atoms with Gasteiger partial charge in [-0.15, -0.1) is 0 Å². The van der Waals surface area contributed by atoms with Crippen LogP contribution in [0.25, 0.3) is 0 Å². The highest BCUT2D eigenvalue weighted by Crippen LogP contribution is 2.33. The second kappa shape index (κ2) is 31.8. The lowest BCUT2D eigenvalue weighted by molar-refractivity contribution is -0.133. The molecule has 6 atom stereocenters. The molecule has 60 heavy (non-hydrogen) atoms. The number of ketones is 4. The van der Waals surface area contributed by atoms with Gasteiger partial charge < -0.3 is 50.4 Å². The summed E-state index contributed by atoms with van der Waals surface area (Å²) in [5.41, 5.74) is 0. The lowest BCUT2D eigenvalue weighted by atomic mass is 9.90. The Kier molecular flexibility index (Phi) is 28.2. The Bertz CT molecular complexity index is 1320. The number of thioether (sulfide) groups is 1. The number of carbonyl (C=O) groups is 7. The van der Waals surface area contributed by atoms with Crippen LogP contribution in [0.3, 0.4) is 0 Å². The first-order valence-electron chi connectivity index (χ1n) is 21.8. The second-order valence-electron chi connectivity index (χ2n) is 15.9. The second-order valence-corrected chi connectivity index (χ2v) is 17.2. The van der Waals surface area contributed by atoms with Gasteiger partial charge in [-0.25, -0.2) is 4.79 Å². The maximum atomic E-state index is 13.0. The van der Waals surface area contributed by atoms with Crippen molar-refractivity contribution in [2.75, 3.05) is 78.4 Å². The summed E-state index contributed by atoms with van der Waals surface area (Å²) in [5, 5.41) is 31.0. The number of ether oxygens (including phenoxy) is 4. The summed E-state index contributed by atoms with van der Waals surface area (Å²) in [5.74, 6) is -1.76. The number of amides is 4. The third-order valence-electron chi connectivity index (χ3n) is 10.4. The van der Waals surface area contributed by atoms with Crippen LogP contribution in [0, 0.1) is 17.8 Å². The van der Waals surface area contributed by atoms with E-state index in [1.807, 2.05) is 25.6 Å². The molecular formula is C42H72N4O13S. The Morgan fingerprint density at radius 2 is 1.38 bits per heavy atom. The van der Waals surface area contributed by atoms with Gasteiger partial charge in [0.15, 0.2) is 11.6 Å². The summed E-state index contributed by atoms with van der Waals surface area (Å²) in [6.07, 6.45) is 6.29. The molecule has 2 heterocycles. The molecule has 6 N–H and O–H groups in total. The van der Waals surface area contributed by atoms with Gasteiger partial charge in [0.2, 0.25) is 11.8 Å². The van der Waals surface area contributed by atoms with Crippen molar-refractivity contribution in [2.24, 2.45) is 17.8 Å². The van der Waals surface area contributed by atoms with Gasteiger partial charge in [0, 0.05) is 68.8 Å². The monoisotopic (exact) mass is 872 g/mol. The van der Waals surface area contributed by atoms with E-state index in [9.17, 15) is 43.8 Å².